The molecule has 1 aromatic carbocycles. The van der Waals surface area contributed by atoms with Crippen LogP contribution in [0.5, 0.6) is 0 Å². The predicted octanol–water partition coefficient (Wildman–Crippen LogP) is 0.825. The van der Waals surface area contributed by atoms with Gasteiger partial charge in [0.2, 0.25) is 11.8 Å². The van der Waals surface area contributed by atoms with Gasteiger partial charge in [0, 0.05) is 16.6 Å². The zero-order valence-corrected chi connectivity index (χ0v) is 15.6. The van der Waals surface area contributed by atoms with E-state index in [1.807, 2.05) is 0 Å². The molecule has 9 heteroatoms. The monoisotopic (exact) mass is 427 g/mol. The second kappa shape index (κ2) is 9.42. The number of Topliss-reactive ketones (excluding diaryl/α,β-unsaturated/α-hetero) is 1. The van der Waals surface area contributed by atoms with Gasteiger partial charge in [0.15, 0.2) is 5.78 Å². The summed E-state index contributed by atoms with van der Waals surface area (Å²) in [5.41, 5.74) is 0.410. The number of hydrogen-bond donors (Lipinski definition) is 2. The minimum Gasteiger partial charge on any atom is -0.347 e. The van der Waals surface area contributed by atoms with Crippen LogP contribution >= 0.6 is 15.9 Å². The Morgan fingerprint density at radius 2 is 1.96 bits per heavy atom. The lowest BCUT2D eigenvalue weighted by atomic mass is 10.2. The first-order chi connectivity index (χ1) is 12.4. The van der Waals surface area contributed by atoms with Crippen molar-refractivity contribution in [2.75, 3.05) is 26.3 Å². The van der Waals surface area contributed by atoms with Crippen molar-refractivity contribution >= 4 is 39.4 Å². The van der Waals surface area contributed by atoms with Crippen molar-refractivity contribution in [3.05, 3.63) is 34.3 Å². The average Bonchev–Trinajstić information content (AvgIpc) is 3.13. The molecule has 1 saturated heterocycles. The highest BCUT2D eigenvalue weighted by molar-refractivity contribution is 9.10. The molecule has 3 amide bonds. The fraction of sp³-hybridized carbons (Fsp3) is 0.412. The highest BCUT2D eigenvalue weighted by Gasteiger charge is 2.34. The van der Waals surface area contributed by atoms with Gasteiger partial charge < -0.3 is 15.5 Å². The number of hydrogen-bond acceptors (Lipinski definition) is 4. The van der Waals surface area contributed by atoms with Crippen molar-refractivity contribution in [2.45, 2.75) is 18.9 Å². The Hall–Kier alpha value is -2.29. The Morgan fingerprint density at radius 1 is 1.19 bits per heavy atom. The van der Waals surface area contributed by atoms with Crippen molar-refractivity contribution in [1.82, 2.24) is 15.5 Å². The van der Waals surface area contributed by atoms with Gasteiger partial charge in [-0.05, 0) is 31.0 Å². The van der Waals surface area contributed by atoms with Crippen LogP contribution < -0.4 is 10.6 Å². The van der Waals surface area contributed by atoms with Crippen LogP contribution in [-0.2, 0) is 14.4 Å². The second-order valence-electron chi connectivity index (χ2n) is 5.83. The molecule has 1 aliphatic rings. The molecular weight excluding hydrogens is 409 g/mol. The molecule has 0 bridgehead atoms. The molecule has 140 valence electrons. The molecule has 1 atom stereocenters. The topological polar surface area (TPSA) is 95.6 Å². The van der Waals surface area contributed by atoms with Crippen LogP contribution in [-0.4, -0.2) is 60.8 Å². The zero-order valence-electron chi connectivity index (χ0n) is 14.0. The molecule has 1 aliphatic heterocycles. The van der Waals surface area contributed by atoms with Crippen LogP contribution in [0, 0.1) is 0 Å². The Morgan fingerprint density at radius 3 is 2.65 bits per heavy atom. The Kier molecular flexibility index (Phi) is 7.26. The number of amides is 3. The van der Waals surface area contributed by atoms with Gasteiger partial charge in [-0.25, -0.2) is 4.39 Å². The number of nitrogens with zero attached hydrogens (tertiary/aromatic N) is 1. The zero-order chi connectivity index (χ0) is 19.1. The van der Waals surface area contributed by atoms with Crippen LogP contribution in [0.25, 0.3) is 0 Å². The van der Waals surface area contributed by atoms with Gasteiger partial charge in [0.25, 0.3) is 5.91 Å². The number of likely N-dealkylation sites (tertiary alicyclic amines) is 1. The number of ketones is 1. The molecule has 1 heterocycles. The molecule has 1 fully saturated rings. The molecule has 0 aromatic heterocycles. The SMILES string of the molecule is O=C(CF)CNC(=O)C1CCCN1C(=O)CNC(=O)c1cccc(Br)c1. The van der Waals surface area contributed by atoms with E-state index in [2.05, 4.69) is 26.6 Å². The van der Waals surface area contributed by atoms with E-state index < -0.39 is 36.9 Å². The van der Waals surface area contributed by atoms with Gasteiger partial charge in [0.1, 0.15) is 12.7 Å². The lowest BCUT2D eigenvalue weighted by Gasteiger charge is -2.24. The lowest BCUT2D eigenvalue weighted by Crippen LogP contribution is -2.49. The maximum Gasteiger partial charge on any atom is 0.251 e. The largest absolute Gasteiger partial charge is 0.347 e. The summed E-state index contributed by atoms with van der Waals surface area (Å²) in [6.07, 6.45) is 1.10. The van der Waals surface area contributed by atoms with E-state index in [-0.39, 0.29) is 12.5 Å². The Balaban J connectivity index is 1.88. The molecule has 2 N–H and O–H groups in total. The second-order valence-corrected chi connectivity index (χ2v) is 6.74. The van der Waals surface area contributed by atoms with Gasteiger partial charge in [-0.1, -0.05) is 22.0 Å². The van der Waals surface area contributed by atoms with Gasteiger partial charge in [0.05, 0.1) is 13.1 Å². The summed E-state index contributed by atoms with van der Waals surface area (Å²) in [5.74, 6) is -2.00. The number of rotatable bonds is 7. The van der Waals surface area contributed by atoms with E-state index in [0.717, 1.165) is 4.47 Å². The Labute approximate surface area is 158 Å². The summed E-state index contributed by atoms with van der Waals surface area (Å²) in [5, 5.41) is 4.88. The minimum atomic E-state index is -1.14. The van der Waals surface area contributed by atoms with Crippen molar-refractivity contribution in [3.63, 3.8) is 0 Å². The Bertz CT molecular complexity index is 713. The van der Waals surface area contributed by atoms with E-state index in [4.69, 9.17) is 0 Å². The van der Waals surface area contributed by atoms with E-state index in [1.54, 1.807) is 24.3 Å². The molecule has 0 spiro atoms. The van der Waals surface area contributed by atoms with Crippen LogP contribution in [0.2, 0.25) is 0 Å². The molecule has 0 saturated carbocycles. The standard InChI is InChI=1S/C17H19BrFN3O4/c18-12-4-1-3-11(7-12)16(25)21-10-15(24)22-6-2-5-14(22)17(26)20-9-13(23)8-19/h1,3-4,7,14H,2,5-6,8-10H2,(H,20,26)(H,21,25). The van der Waals surface area contributed by atoms with Crippen molar-refractivity contribution in [3.8, 4) is 0 Å². The van der Waals surface area contributed by atoms with Gasteiger partial charge in [-0.2, -0.15) is 0 Å². The van der Waals surface area contributed by atoms with E-state index in [9.17, 15) is 23.6 Å². The quantitative estimate of drug-likeness (QED) is 0.673. The molecule has 1 unspecified atom stereocenters. The van der Waals surface area contributed by atoms with Crippen molar-refractivity contribution in [2.24, 2.45) is 0 Å². The normalized spacial score (nSPS) is 16.2. The molecule has 0 aliphatic carbocycles. The predicted molar refractivity (Wildman–Crippen MR) is 95.2 cm³/mol. The van der Waals surface area contributed by atoms with Gasteiger partial charge in [-0.15, -0.1) is 0 Å². The molecule has 0 radical (unpaired) electrons. The van der Waals surface area contributed by atoms with Crippen LogP contribution in [0.1, 0.15) is 23.2 Å². The first kappa shape index (κ1) is 20.0. The van der Waals surface area contributed by atoms with E-state index in [1.165, 1.54) is 4.90 Å². The third kappa shape index (κ3) is 5.35. The number of halogens is 2. The first-order valence-corrected chi connectivity index (χ1v) is 8.90. The van der Waals surface area contributed by atoms with Crippen LogP contribution in [0.15, 0.2) is 28.7 Å². The summed E-state index contributed by atoms with van der Waals surface area (Å²) < 4.78 is 12.9. The maximum absolute atomic E-state index is 12.4. The summed E-state index contributed by atoms with van der Waals surface area (Å²) in [7, 11) is 0. The maximum atomic E-state index is 12.4. The minimum absolute atomic E-state index is 0.238. The number of carbonyl (C=O) groups is 4. The van der Waals surface area contributed by atoms with Gasteiger partial charge >= 0.3 is 0 Å². The molecule has 26 heavy (non-hydrogen) atoms. The summed E-state index contributed by atoms with van der Waals surface area (Å²) in [4.78, 5) is 48.9. The van der Waals surface area contributed by atoms with Gasteiger partial charge in [-0.3, -0.25) is 19.2 Å². The van der Waals surface area contributed by atoms with Crippen molar-refractivity contribution in [1.29, 1.82) is 0 Å². The number of carbonyl (C=O) groups excluding carboxylic acids is 4. The number of nitrogens with one attached hydrogen (secondary N) is 2. The number of alkyl halides is 1. The van der Waals surface area contributed by atoms with E-state index >= 15 is 0 Å². The highest BCUT2D eigenvalue weighted by Crippen LogP contribution is 2.17. The fourth-order valence-electron chi connectivity index (χ4n) is 2.68. The molecule has 2 rings (SSSR count). The molecule has 1 aromatic rings. The van der Waals surface area contributed by atoms with Crippen LogP contribution in [0.3, 0.4) is 0 Å². The number of benzene rings is 1. The summed E-state index contributed by atoms with van der Waals surface area (Å²) in [6, 6.07) is 6.04. The fourth-order valence-corrected chi connectivity index (χ4v) is 3.08. The smallest absolute Gasteiger partial charge is 0.251 e. The highest BCUT2D eigenvalue weighted by atomic mass is 79.9. The third-order valence-corrected chi connectivity index (χ3v) is 4.46. The molecule has 7 nitrogen and oxygen atoms in total. The van der Waals surface area contributed by atoms with Crippen LogP contribution in [0.4, 0.5) is 4.39 Å². The third-order valence-electron chi connectivity index (χ3n) is 3.97. The molecular formula is C17H19BrFN3O4. The summed E-state index contributed by atoms with van der Waals surface area (Å²) in [6.45, 7) is -1.39. The van der Waals surface area contributed by atoms with E-state index in [0.29, 0.717) is 24.9 Å². The van der Waals surface area contributed by atoms with Crippen molar-refractivity contribution < 1.29 is 23.6 Å². The first-order valence-electron chi connectivity index (χ1n) is 8.11. The summed E-state index contributed by atoms with van der Waals surface area (Å²) >= 11 is 3.27. The average molecular weight is 428 g/mol. The lowest BCUT2D eigenvalue weighted by molar-refractivity contribution is -0.138.